The number of hydrogen-bond donors (Lipinski definition) is 1. The molecular weight excluding hydrogens is 402 g/mol. The van der Waals surface area contributed by atoms with Crippen LogP contribution in [0.5, 0.6) is 11.5 Å². The second kappa shape index (κ2) is 9.39. The second-order valence-electron chi connectivity index (χ2n) is 7.44. The van der Waals surface area contributed by atoms with Crippen molar-refractivity contribution < 1.29 is 14.3 Å². The summed E-state index contributed by atoms with van der Waals surface area (Å²) < 4.78 is 13.1. The van der Waals surface area contributed by atoms with Crippen molar-refractivity contribution in [3.05, 3.63) is 95.2 Å². The minimum atomic E-state index is -0.264. The molecule has 0 saturated heterocycles. The topological polar surface area (TPSA) is 64.8 Å². The summed E-state index contributed by atoms with van der Waals surface area (Å²) in [5.74, 6) is 1.21. The first-order valence-corrected chi connectivity index (χ1v) is 10.3. The molecule has 32 heavy (non-hydrogen) atoms. The molecule has 0 aliphatic rings. The van der Waals surface area contributed by atoms with E-state index in [-0.39, 0.29) is 5.91 Å². The number of amides is 1. The summed E-state index contributed by atoms with van der Waals surface area (Å²) >= 11 is 0. The molecule has 6 nitrogen and oxygen atoms in total. The Kier molecular flexibility index (Phi) is 6.22. The van der Waals surface area contributed by atoms with Gasteiger partial charge in [0.2, 0.25) is 0 Å². The minimum Gasteiger partial charge on any atom is -0.497 e. The molecule has 1 heterocycles. The number of hydrogen-bond acceptors (Lipinski definition) is 4. The Morgan fingerprint density at radius 2 is 1.75 bits per heavy atom. The summed E-state index contributed by atoms with van der Waals surface area (Å²) in [5.41, 5.74) is 7.02. The lowest BCUT2D eigenvalue weighted by atomic mass is 10.1. The summed E-state index contributed by atoms with van der Waals surface area (Å²) in [6, 6.07) is 23.3. The van der Waals surface area contributed by atoms with E-state index in [0.29, 0.717) is 17.9 Å². The number of rotatable bonds is 7. The Morgan fingerprint density at radius 1 is 1.03 bits per heavy atom. The Bertz CT molecular complexity index is 1260. The predicted octanol–water partition coefficient (Wildman–Crippen LogP) is 4.84. The van der Waals surface area contributed by atoms with Gasteiger partial charge in [0.05, 0.1) is 18.9 Å². The van der Waals surface area contributed by atoms with Crippen LogP contribution < -0.4 is 14.9 Å². The fourth-order valence-corrected chi connectivity index (χ4v) is 3.58. The fraction of sp³-hybridized carbons (Fsp3) is 0.154. The van der Waals surface area contributed by atoms with Gasteiger partial charge in [-0.25, -0.2) is 5.43 Å². The maximum absolute atomic E-state index is 12.9. The van der Waals surface area contributed by atoms with Crippen LogP contribution in [0.4, 0.5) is 0 Å². The van der Waals surface area contributed by atoms with Gasteiger partial charge in [0.1, 0.15) is 18.1 Å². The SMILES string of the molecule is COc1ccc2c(c1)c(C(=O)N/N=C\c1ccc(OCc3ccccc3)cc1)c(C)n2C. The number of nitrogens with one attached hydrogen (secondary N) is 1. The van der Waals surface area contributed by atoms with Crippen LogP contribution in [0.1, 0.15) is 27.2 Å². The maximum atomic E-state index is 12.9. The van der Waals surface area contributed by atoms with E-state index in [1.54, 1.807) is 13.3 Å². The molecule has 0 saturated carbocycles. The second-order valence-corrected chi connectivity index (χ2v) is 7.44. The molecule has 0 spiro atoms. The molecule has 0 bridgehead atoms. The average molecular weight is 428 g/mol. The van der Waals surface area contributed by atoms with Crippen LogP contribution in [-0.2, 0) is 13.7 Å². The molecule has 1 amide bonds. The summed E-state index contributed by atoms with van der Waals surface area (Å²) in [7, 11) is 3.55. The van der Waals surface area contributed by atoms with Crippen molar-refractivity contribution in [1.29, 1.82) is 0 Å². The van der Waals surface area contributed by atoms with Crippen LogP contribution in [0.15, 0.2) is 77.9 Å². The van der Waals surface area contributed by atoms with Crippen LogP contribution in [0.25, 0.3) is 10.9 Å². The molecule has 4 aromatic rings. The molecule has 3 aromatic carbocycles. The van der Waals surface area contributed by atoms with E-state index in [1.807, 2.05) is 91.3 Å². The quantitative estimate of drug-likeness (QED) is 0.339. The van der Waals surface area contributed by atoms with Gasteiger partial charge in [-0.1, -0.05) is 30.3 Å². The third-order valence-corrected chi connectivity index (χ3v) is 5.43. The molecule has 162 valence electrons. The minimum absolute atomic E-state index is 0.264. The van der Waals surface area contributed by atoms with E-state index < -0.39 is 0 Å². The average Bonchev–Trinajstić information content (AvgIpc) is 3.08. The van der Waals surface area contributed by atoms with Gasteiger partial charge in [-0.3, -0.25) is 4.79 Å². The number of hydrazone groups is 1. The zero-order valence-electron chi connectivity index (χ0n) is 18.3. The van der Waals surface area contributed by atoms with Crippen LogP contribution in [0.2, 0.25) is 0 Å². The van der Waals surface area contributed by atoms with Gasteiger partial charge >= 0.3 is 0 Å². The summed E-state index contributed by atoms with van der Waals surface area (Å²) in [5, 5.41) is 4.97. The molecule has 6 heteroatoms. The number of aryl methyl sites for hydroxylation is 1. The van der Waals surface area contributed by atoms with E-state index in [2.05, 4.69) is 10.5 Å². The lowest BCUT2D eigenvalue weighted by Gasteiger charge is -2.06. The van der Waals surface area contributed by atoms with Gasteiger partial charge in [-0.2, -0.15) is 5.10 Å². The van der Waals surface area contributed by atoms with Gasteiger partial charge in [0.25, 0.3) is 5.91 Å². The lowest BCUT2D eigenvalue weighted by Crippen LogP contribution is -2.18. The van der Waals surface area contributed by atoms with Crippen molar-refractivity contribution in [3.63, 3.8) is 0 Å². The van der Waals surface area contributed by atoms with Crippen molar-refractivity contribution in [1.82, 2.24) is 9.99 Å². The molecule has 0 atom stereocenters. The van der Waals surface area contributed by atoms with Gasteiger partial charge in [-0.15, -0.1) is 0 Å². The zero-order valence-corrected chi connectivity index (χ0v) is 18.3. The van der Waals surface area contributed by atoms with E-state index in [0.717, 1.165) is 33.5 Å². The number of methoxy groups -OCH3 is 1. The molecule has 1 N–H and O–H groups in total. The smallest absolute Gasteiger partial charge is 0.273 e. The molecular formula is C26H25N3O3. The van der Waals surface area contributed by atoms with Gasteiger partial charge < -0.3 is 14.0 Å². The van der Waals surface area contributed by atoms with Crippen LogP contribution in [0.3, 0.4) is 0 Å². The van der Waals surface area contributed by atoms with E-state index in [4.69, 9.17) is 9.47 Å². The van der Waals surface area contributed by atoms with Crippen molar-refractivity contribution >= 4 is 23.0 Å². The normalized spacial score (nSPS) is 11.1. The predicted molar refractivity (Wildman–Crippen MR) is 126 cm³/mol. The van der Waals surface area contributed by atoms with Crippen molar-refractivity contribution in [2.45, 2.75) is 13.5 Å². The fourth-order valence-electron chi connectivity index (χ4n) is 3.58. The number of benzene rings is 3. The first-order valence-electron chi connectivity index (χ1n) is 10.3. The lowest BCUT2D eigenvalue weighted by molar-refractivity contribution is 0.0956. The van der Waals surface area contributed by atoms with Crippen LogP contribution in [-0.4, -0.2) is 23.8 Å². The Labute approximate surface area is 187 Å². The summed E-state index contributed by atoms with van der Waals surface area (Å²) in [4.78, 5) is 12.9. The van der Waals surface area contributed by atoms with Crippen LogP contribution >= 0.6 is 0 Å². The highest BCUT2D eigenvalue weighted by molar-refractivity contribution is 6.08. The summed E-state index contributed by atoms with van der Waals surface area (Å²) in [6.45, 7) is 2.43. The number of carbonyl (C=O) groups is 1. The van der Waals surface area contributed by atoms with Crippen molar-refractivity contribution in [2.24, 2.45) is 12.1 Å². The Morgan fingerprint density at radius 3 is 2.47 bits per heavy atom. The number of carbonyl (C=O) groups excluding carboxylic acids is 1. The Balaban J connectivity index is 1.42. The molecule has 0 unspecified atom stereocenters. The number of aromatic nitrogens is 1. The van der Waals surface area contributed by atoms with E-state index >= 15 is 0 Å². The largest absolute Gasteiger partial charge is 0.497 e. The van der Waals surface area contributed by atoms with Gasteiger partial charge in [0, 0.05) is 23.6 Å². The Hall–Kier alpha value is -4.06. The maximum Gasteiger partial charge on any atom is 0.273 e. The van der Waals surface area contributed by atoms with E-state index in [1.165, 1.54) is 0 Å². The van der Waals surface area contributed by atoms with E-state index in [9.17, 15) is 4.79 Å². The zero-order chi connectivity index (χ0) is 22.5. The highest BCUT2D eigenvalue weighted by Crippen LogP contribution is 2.28. The summed E-state index contributed by atoms with van der Waals surface area (Å²) in [6.07, 6.45) is 1.61. The first-order chi connectivity index (χ1) is 15.6. The first kappa shape index (κ1) is 21.2. The highest BCUT2D eigenvalue weighted by atomic mass is 16.5. The molecule has 1 aromatic heterocycles. The third kappa shape index (κ3) is 4.49. The molecule has 0 aliphatic carbocycles. The number of nitrogens with zero attached hydrogens (tertiary/aromatic N) is 2. The van der Waals surface area contributed by atoms with Crippen molar-refractivity contribution in [3.8, 4) is 11.5 Å². The standard InChI is InChI=1S/C26H25N3O3/c1-18-25(23-15-22(31-3)13-14-24(23)29(18)2)26(30)28-27-16-19-9-11-21(12-10-19)32-17-20-7-5-4-6-8-20/h4-16H,17H2,1-3H3,(H,28,30)/b27-16-. The molecule has 0 radical (unpaired) electrons. The molecule has 0 aliphatic heterocycles. The third-order valence-electron chi connectivity index (χ3n) is 5.43. The monoisotopic (exact) mass is 427 g/mol. The number of ether oxygens (including phenoxy) is 2. The van der Waals surface area contributed by atoms with Crippen molar-refractivity contribution in [2.75, 3.05) is 7.11 Å². The van der Waals surface area contributed by atoms with Gasteiger partial charge in [0.15, 0.2) is 0 Å². The number of fused-ring (bicyclic) bond motifs is 1. The molecule has 4 rings (SSSR count). The molecule has 0 fully saturated rings. The van der Waals surface area contributed by atoms with Gasteiger partial charge in [-0.05, 0) is 60.5 Å². The van der Waals surface area contributed by atoms with Crippen LogP contribution in [0, 0.1) is 6.92 Å². The highest BCUT2D eigenvalue weighted by Gasteiger charge is 2.18.